The topological polar surface area (TPSA) is 71.0 Å². The van der Waals surface area contributed by atoms with E-state index in [1.165, 1.54) is 0 Å². The highest BCUT2D eigenvalue weighted by Gasteiger charge is 2.49. The van der Waals surface area contributed by atoms with Gasteiger partial charge in [-0.25, -0.2) is 4.79 Å². The molecule has 0 saturated carbocycles. The van der Waals surface area contributed by atoms with Crippen LogP contribution >= 0.6 is 0 Å². The zero-order chi connectivity index (χ0) is 16.4. The summed E-state index contributed by atoms with van der Waals surface area (Å²) in [5.41, 5.74) is -0.632. The largest absolute Gasteiger partial charge is 0.486 e. The van der Waals surface area contributed by atoms with Crippen molar-refractivity contribution in [1.29, 1.82) is 0 Å². The second-order valence-corrected chi connectivity index (χ2v) is 7.10. The second kappa shape index (κ2) is 6.60. The summed E-state index contributed by atoms with van der Waals surface area (Å²) in [6.45, 7) is 10.7. The Labute approximate surface area is 133 Å². The van der Waals surface area contributed by atoms with Crippen molar-refractivity contribution in [2.24, 2.45) is 0 Å². The van der Waals surface area contributed by atoms with E-state index in [0.717, 1.165) is 32.5 Å². The highest BCUT2D eigenvalue weighted by molar-refractivity contribution is 6.51. The summed E-state index contributed by atoms with van der Waals surface area (Å²) in [6.07, 6.45) is 3.02. The lowest BCUT2D eigenvalue weighted by molar-refractivity contribution is 0.00578. The third kappa shape index (κ3) is 4.24. The van der Waals surface area contributed by atoms with Crippen molar-refractivity contribution >= 4 is 13.2 Å². The number of nitrogens with one attached hydrogen (secondary N) is 1. The van der Waals surface area contributed by atoms with Crippen molar-refractivity contribution in [2.75, 3.05) is 19.6 Å². The van der Waals surface area contributed by atoms with Crippen LogP contribution in [-0.4, -0.2) is 60.1 Å². The van der Waals surface area contributed by atoms with E-state index in [4.69, 9.17) is 14.4 Å². The molecule has 0 bridgehead atoms. The van der Waals surface area contributed by atoms with Gasteiger partial charge in [0.2, 0.25) is 0 Å². The average Bonchev–Trinajstić information content (AvgIpc) is 2.57. The van der Waals surface area contributed by atoms with Crippen LogP contribution in [0.3, 0.4) is 0 Å². The summed E-state index contributed by atoms with van der Waals surface area (Å²) in [5, 5.41) is 11.4. The molecule has 0 radical (unpaired) electrons. The number of hydrogen-bond donors (Lipinski definition) is 2. The van der Waals surface area contributed by atoms with Crippen LogP contribution in [0.4, 0.5) is 4.79 Å². The predicted molar refractivity (Wildman–Crippen MR) is 85.8 cm³/mol. The molecular weight excluding hydrogens is 283 g/mol. The first-order valence-electron chi connectivity index (χ1n) is 7.94. The molecule has 124 valence electrons. The van der Waals surface area contributed by atoms with Crippen LogP contribution in [0.2, 0.25) is 0 Å². The first-order valence-corrected chi connectivity index (χ1v) is 7.94. The third-order valence-electron chi connectivity index (χ3n) is 4.76. The monoisotopic (exact) mass is 310 g/mol. The Hall–Kier alpha value is -1.05. The standard InChI is InChI=1S/C15H27BN2O4/c1-14(2)15(3,4)22-16(21-14)8-6-10-18-9-5-7-12(11-18)17-13(19)20/h6,8,12,17H,5,7,9-11H2,1-4H3,(H,19,20). The molecule has 6 nitrogen and oxygen atoms in total. The summed E-state index contributed by atoms with van der Waals surface area (Å²) in [5.74, 6) is 1.95. The number of likely N-dealkylation sites (tertiary alicyclic amines) is 1. The maximum Gasteiger partial charge on any atom is 0.486 e. The van der Waals surface area contributed by atoms with E-state index >= 15 is 0 Å². The fourth-order valence-electron chi connectivity index (χ4n) is 2.80. The normalized spacial score (nSPS) is 28.2. The van der Waals surface area contributed by atoms with Gasteiger partial charge >= 0.3 is 13.2 Å². The molecule has 0 aromatic rings. The molecule has 2 rings (SSSR count). The van der Waals surface area contributed by atoms with E-state index in [2.05, 4.69) is 10.2 Å². The zero-order valence-electron chi connectivity index (χ0n) is 14.0. The van der Waals surface area contributed by atoms with Gasteiger partial charge in [0.25, 0.3) is 0 Å². The third-order valence-corrected chi connectivity index (χ3v) is 4.76. The Bertz CT molecular complexity index is 423. The minimum atomic E-state index is -0.945. The molecule has 1 amide bonds. The first kappa shape index (κ1) is 17.3. The number of amides is 1. The summed E-state index contributed by atoms with van der Waals surface area (Å²) in [4.78, 5) is 12.9. The highest BCUT2D eigenvalue weighted by atomic mass is 16.7. The van der Waals surface area contributed by atoms with Gasteiger partial charge in [-0.3, -0.25) is 4.90 Å². The van der Waals surface area contributed by atoms with Crippen LogP contribution in [0, 0.1) is 0 Å². The van der Waals surface area contributed by atoms with Gasteiger partial charge < -0.3 is 19.7 Å². The minimum absolute atomic E-state index is 0.0245. The average molecular weight is 310 g/mol. The van der Waals surface area contributed by atoms with E-state index in [9.17, 15) is 4.79 Å². The number of nitrogens with zero attached hydrogens (tertiary/aromatic N) is 1. The van der Waals surface area contributed by atoms with Crippen molar-refractivity contribution in [3.63, 3.8) is 0 Å². The van der Waals surface area contributed by atoms with Crippen LogP contribution in [0.25, 0.3) is 0 Å². The quantitative estimate of drug-likeness (QED) is 0.776. The van der Waals surface area contributed by atoms with E-state index in [1.54, 1.807) is 0 Å². The van der Waals surface area contributed by atoms with Crippen molar-refractivity contribution in [1.82, 2.24) is 10.2 Å². The predicted octanol–water partition coefficient (Wildman–Crippen LogP) is 1.91. The van der Waals surface area contributed by atoms with Gasteiger partial charge in [-0.15, -0.1) is 0 Å². The molecule has 1 unspecified atom stereocenters. The second-order valence-electron chi connectivity index (χ2n) is 7.10. The lowest BCUT2D eigenvalue weighted by Crippen LogP contribution is -2.47. The Morgan fingerprint density at radius 2 is 2.00 bits per heavy atom. The Morgan fingerprint density at radius 1 is 1.36 bits per heavy atom. The molecule has 2 heterocycles. The van der Waals surface area contributed by atoms with Crippen molar-refractivity contribution < 1.29 is 19.2 Å². The van der Waals surface area contributed by atoms with E-state index < -0.39 is 6.09 Å². The molecule has 2 N–H and O–H groups in total. The van der Waals surface area contributed by atoms with Gasteiger partial charge in [0, 0.05) is 19.1 Å². The molecule has 1 atom stereocenters. The lowest BCUT2D eigenvalue weighted by atomic mass is 9.90. The Kier molecular flexibility index (Phi) is 5.19. The minimum Gasteiger partial charge on any atom is -0.465 e. The fourth-order valence-corrected chi connectivity index (χ4v) is 2.80. The van der Waals surface area contributed by atoms with Crippen LogP contribution < -0.4 is 5.32 Å². The van der Waals surface area contributed by atoms with Crippen LogP contribution in [0.1, 0.15) is 40.5 Å². The molecule has 2 fully saturated rings. The van der Waals surface area contributed by atoms with E-state index in [1.807, 2.05) is 39.7 Å². The molecular formula is C15H27BN2O4. The molecule has 2 aliphatic heterocycles. The summed E-state index contributed by atoms with van der Waals surface area (Å²) < 4.78 is 11.8. The summed E-state index contributed by atoms with van der Waals surface area (Å²) >= 11 is 0. The molecule has 0 aromatic carbocycles. The van der Waals surface area contributed by atoms with Gasteiger partial charge in [0.05, 0.1) is 11.2 Å². The first-order chi connectivity index (χ1) is 10.2. The number of hydrogen-bond acceptors (Lipinski definition) is 4. The van der Waals surface area contributed by atoms with Gasteiger partial charge in [-0.05, 0) is 47.1 Å². The smallest absolute Gasteiger partial charge is 0.465 e. The molecule has 0 spiro atoms. The SMILES string of the molecule is CC1(C)OB(C=CCN2CCCC(NC(=O)O)C2)OC1(C)C. The Balaban J connectivity index is 1.79. The van der Waals surface area contributed by atoms with Crippen molar-refractivity contribution in [2.45, 2.75) is 57.8 Å². The number of piperidine rings is 1. The maximum atomic E-state index is 10.7. The zero-order valence-corrected chi connectivity index (χ0v) is 14.0. The molecule has 7 heteroatoms. The highest BCUT2D eigenvalue weighted by Crippen LogP contribution is 2.36. The van der Waals surface area contributed by atoms with Crippen LogP contribution in [0.15, 0.2) is 12.1 Å². The number of carbonyl (C=O) groups is 1. The van der Waals surface area contributed by atoms with Crippen LogP contribution in [0.5, 0.6) is 0 Å². The van der Waals surface area contributed by atoms with Crippen molar-refractivity contribution in [3.8, 4) is 0 Å². The van der Waals surface area contributed by atoms with Gasteiger partial charge in [-0.2, -0.15) is 0 Å². The van der Waals surface area contributed by atoms with Gasteiger partial charge in [-0.1, -0.05) is 12.1 Å². The molecule has 0 aromatic heterocycles. The van der Waals surface area contributed by atoms with Crippen LogP contribution in [-0.2, 0) is 9.31 Å². The summed E-state index contributed by atoms with van der Waals surface area (Å²) in [6, 6.07) is 0.0245. The number of carboxylic acid groups (broad SMARTS) is 1. The van der Waals surface area contributed by atoms with E-state index in [-0.39, 0.29) is 24.4 Å². The van der Waals surface area contributed by atoms with Gasteiger partial charge in [0.1, 0.15) is 0 Å². The molecule has 2 saturated heterocycles. The summed E-state index contributed by atoms with van der Waals surface area (Å²) in [7, 11) is -0.317. The molecule has 0 aliphatic carbocycles. The maximum absolute atomic E-state index is 10.7. The van der Waals surface area contributed by atoms with Crippen molar-refractivity contribution in [3.05, 3.63) is 12.1 Å². The Morgan fingerprint density at radius 3 is 2.59 bits per heavy atom. The number of rotatable bonds is 4. The molecule has 2 aliphatic rings. The van der Waals surface area contributed by atoms with Gasteiger partial charge in [0.15, 0.2) is 0 Å². The lowest BCUT2D eigenvalue weighted by Gasteiger charge is -2.32. The molecule has 22 heavy (non-hydrogen) atoms. The van der Waals surface area contributed by atoms with E-state index in [0.29, 0.717) is 0 Å². The fraction of sp³-hybridized carbons (Fsp3) is 0.800.